The zero-order chi connectivity index (χ0) is 21.1. The molecule has 2 aromatic rings. The lowest BCUT2D eigenvalue weighted by Crippen LogP contribution is -2.35. The van der Waals surface area contributed by atoms with E-state index in [-0.39, 0.29) is 17.4 Å². The Morgan fingerprint density at radius 1 is 1.21 bits per heavy atom. The number of carbonyl (C=O) groups excluding carboxylic acids is 2. The van der Waals surface area contributed by atoms with Crippen molar-refractivity contribution in [3.05, 3.63) is 57.8 Å². The van der Waals surface area contributed by atoms with Gasteiger partial charge in [0.2, 0.25) is 0 Å². The minimum atomic E-state index is -0.651. The van der Waals surface area contributed by atoms with Gasteiger partial charge in [0.25, 0.3) is 11.7 Å². The number of ketones is 1. The lowest BCUT2D eigenvalue weighted by molar-refractivity contribution is -0.140. The van der Waals surface area contributed by atoms with Crippen LogP contribution in [-0.4, -0.2) is 59.9 Å². The maximum Gasteiger partial charge on any atom is 0.295 e. The van der Waals surface area contributed by atoms with Gasteiger partial charge < -0.3 is 19.6 Å². The van der Waals surface area contributed by atoms with Crippen LogP contribution in [0, 0.1) is 0 Å². The number of nitrogens with zero attached hydrogens (tertiary/aromatic N) is 2. The number of thiophene rings is 1. The number of benzene rings is 1. The Bertz CT molecular complexity index is 901. The molecule has 0 unspecified atom stereocenters. The van der Waals surface area contributed by atoms with Crippen molar-refractivity contribution in [2.45, 2.75) is 26.0 Å². The molecule has 0 bridgehead atoms. The summed E-state index contributed by atoms with van der Waals surface area (Å²) in [6.07, 6.45) is 0.0373. The molecule has 1 aromatic heterocycles. The number of likely N-dealkylation sites (N-methyl/N-ethyl adjacent to an activating group) is 1. The summed E-state index contributed by atoms with van der Waals surface area (Å²) < 4.78 is 5.63. The number of hydrogen-bond donors (Lipinski definition) is 1. The monoisotopic (exact) mass is 414 g/mol. The zero-order valence-electron chi connectivity index (χ0n) is 17.1. The number of likely N-dealkylation sites (tertiary alicyclic amines) is 1. The molecular formula is C22H26N2O4S. The smallest absolute Gasteiger partial charge is 0.295 e. The maximum absolute atomic E-state index is 12.9. The second kappa shape index (κ2) is 8.80. The Balaban J connectivity index is 2.02. The summed E-state index contributed by atoms with van der Waals surface area (Å²) in [5.74, 6) is -0.711. The van der Waals surface area contributed by atoms with E-state index in [4.69, 9.17) is 4.74 Å². The van der Waals surface area contributed by atoms with Crippen LogP contribution in [0.5, 0.6) is 5.75 Å². The summed E-state index contributed by atoms with van der Waals surface area (Å²) in [6.45, 7) is 4.89. The molecular weight excluding hydrogens is 388 g/mol. The van der Waals surface area contributed by atoms with E-state index in [0.717, 1.165) is 4.88 Å². The van der Waals surface area contributed by atoms with Crippen LogP contribution in [0.25, 0.3) is 5.76 Å². The normalized spacial score (nSPS) is 18.8. The quantitative estimate of drug-likeness (QED) is 0.426. The highest BCUT2D eigenvalue weighted by atomic mass is 32.1. The van der Waals surface area contributed by atoms with Crippen molar-refractivity contribution in [1.29, 1.82) is 0 Å². The van der Waals surface area contributed by atoms with Crippen LogP contribution in [-0.2, 0) is 9.59 Å². The molecule has 1 fully saturated rings. The van der Waals surface area contributed by atoms with E-state index in [1.165, 1.54) is 11.3 Å². The van der Waals surface area contributed by atoms with Crippen molar-refractivity contribution < 1.29 is 19.4 Å². The molecule has 7 heteroatoms. The van der Waals surface area contributed by atoms with Gasteiger partial charge in [0.05, 0.1) is 17.7 Å². The Hall–Kier alpha value is -2.64. The van der Waals surface area contributed by atoms with E-state index >= 15 is 0 Å². The fraction of sp³-hybridized carbons (Fsp3) is 0.364. The summed E-state index contributed by atoms with van der Waals surface area (Å²) in [6, 6.07) is 10.1. The van der Waals surface area contributed by atoms with Crippen LogP contribution in [0.15, 0.2) is 47.4 Å². The van der Waals surface area contributed by atoms with E-state index < -0.39 is 17.7 Å². The summed E-state index contributed by atoms with van der Waals surface area (Å²) in [4.78, 5) is 30.0. The fourth-order valence-electron chi connectivity index (χ4n) is 3.28. The highest BCUT2D eigenvalue weighted by Crippen LogP contribution is 2.41. The minimum absolute atomic E-state index is 0.0373. The summed E-state index contributed by atoms with van der Waals surface area (Å²) in [5.41, 5.74) is 0.613. The molecule has 1 atom stereocenters. The van der Waals surface area contributed by atoms with E-state index in [1.807, 2.05) is 50.4 Å². The molecule has 2 heterocycles. The summed E-state index contributed by atoms with van der Waals surface area (Å²) in [5, 5.41) is 12.9. The Labute approximate surface area is 175 Å². The molecule has 6 nitrogen and oxygen atoms in total. The lowest BCUT2D eigenvalue weighted by atomic mass is 10.00. The van der Waals surface area contributed by atoms with E-state index in [0.29, 0.717) is 24.4 Å². The molecule has 29 heavy (non-hydrogen) atoms. The Morgan fingerprint density at radius 2 is 1.90 bits per heavy atom. The van der Waals surface area contributed by atoms with Crippen molar-refractivity contribution in [3.8, 4) is 5.75 Å². The van der Waals surface area contributed by atoms with Gasteiger partial charge in [-0.25, -0.2) is 0 Å². The minimum Gasteiger partial charge on any atom is -0.507 e. The average Bonchev–Trinajstić information content (AvgIpc) is 3.27. The predicted octanol–water partition coefficient (Wildman–Crippen LogP) is 3.52. The fourth-order valence-corrected chi connectivity index (χ4v) is 4.13. The molecule has 0 aliphatic carbocycles. The number of Topliss-reactive ketones (excluding diaryl/α,β-unsaturated/α-hetero) is 1. The molecule has 1 saturated heterocycles. The van der Waals surface area contributed by atoms with E-state index in [1.54, 1.807) is 29.2 Å². The molecule has 1 aromatic carbocycles. The van der Waals surface area contributed by atoms with Crippen LogP contribution in [0.3, 0.4) is 0 Å². The van der Waals surface area contributed by atoms with E-state index in [9.17, 15) is 14.7 Å². The summed E-state index contributed by atoms with van der Waals surface area (Å²) >= 11 is 1.46. The van der Waals surface area contributed by atoms with Crippen molar-refractivity contribution in [2.75, 3.05) is 27.2 Å². The van der Waals surface area contributed by atoms with Gasteiger partial charge in [-0.1, -0.05) is 6.07 Å². The first-order valence-electron chi connectivity index (χ1n) is 9.53. The van der Waals surface area contributed by atoms with Crippen LogP contribution in [0.1, 0.15) is 30.3 Å². The van der Waals surface area contributed by atoms with E-state index in [2.05, 4.69) is 0 Å². The average molecular weight is 415 g/mol. The first-order valence-corrected chi connectivity index (χ1v) is 10.4. The van der Waals surface area contributed by atoms with Gasteiger partial charge in [0.1, 0.15) is 11.5 Å². The van der Waals surface area contributed by atoms with Gasteiger partial charge in [-0.2, -0.15) is 0 Å². The predicted molar refractivity (Wildman–Crippen MR) is 114 cm³/mol. The Morgan fingerprint density at radius 3 is 2.45 bits per heavy atom. The number of rotatable bonds is 7. The van der Waals surface area contributed by atoms with Gasteiger partial charge >= 0.3 is 0 Å². The topological polar surface area (TPSA) is 70.1 Å². The second-order valence-electron chi connectivity index (χ2n) is 7.50. The van der Waals surface area contributed by atoms with Crippen molar-refractivity contribution in [3.63, 3.8) is 0 Å². The number of ether oxygens (including phenoxy) is 1. The largest absolute Gasteiger partial charge is 0.507 e. The molecule has 0 saturated carbocycles. The number of carbonyl (C=O) groups is 2. The lowest BCUT2D eigenvalue weighted by Gasteiger charge is -2.25. The van der Waals surface area contributed by atoms with Gasteiger partial charge in [-0.15, -0.1) is 11.3 Å². The van der Waals surface area contributed by atoms with Crippen LogP contribution in [0.2, 0.25) is 0 Å². The van der Waals surface area contributed by atoms with Gasteiger partial charge in [-0.3, -0.25) is 9.59 Å². The molecule has 0 radical (unpaired) electrons. The molecule has 3 rings (SSSR count). The Kier molecular flexibility index (Phi) is 6.39. The summed E-state index contributed by atoms with van der Waals surface area (Å²) in [7, 11) is 3.83. The third-order valence-corrected chi connectivity index (χ3v) is 5.57. The third-order valence-electron chi connectivity index (χ3n) is 4.64. The highest BCUT2D eigenvalue weighted by molar-refractivity contribution is 7.10. The SMILES string of the molecule is CC(C)Oc1ccc(C(O)=C2C(=O)C(=O)N(CCN(C)C)[C@@H]2c2cccs2)cc1. The number of aliphatic hydroxyl groups is 1. The highest BCUT2D eigenvalue weighted by Gasteiger charge is 2.46. The molecule has 1 aliphatic rings. The van der Waals surface area contributed by atoms with Gasteiger partial charge in [0.15, 0.2) is 0 Å². The van der Waals surface area contributed by atoms with Crippen LogP contribution >= 0.6 is 11.3 Å². The number of amides is 1. The van der Waals surface area contributed by atoms with Crippen molar-refractivity contribution >= 4 is 28.8 Å². The molecule has 1 N–H and O–H groups in total. The second-order valence-corrected chi connectivity index (χ2v) is 8.48. The molecule has 1 aliphatic heterocycles. The third kappa shape index (κ3) is 4.52. The first-order chi connectivity index (χ1) is 13.8. The maximum atomic E-state index is 12.9. The van der Waals surface area contributed by atoms with Crippen molar-refractivity contribution in [2.24, 2.45) is 0 Å². The van der Waals surface area contributed by atoms with Gasteiger partial charge in [-0.05, 0) is 63.7 Å². The zero-order valence-corrected chi connectivity index (χ0v) is 17.9. The number of aliphatic hydroxyl groups excluding tert-OH is 1. The van der Waals surface area contributed by atoms with Crippen LogP contribution < -0.4 is 4.74 Å². The molecule has 1 amide bonds. The molecule has 0 spiro atoms. The van der Waals surface area contributed by atoms with Crippen LogP contribution in [0.4, 0.5) is 0 Å². The number of hydrogen-bond acceptors (Lipinski definition) is 6. The first kappa shape index (κ1) is 21.1. The van der Waals surface area contributed by atoms with Gasteiger partial charge in [0, 0.05) is 23.5 Å². The van der Waals surface area contributed by atoms with Crippen molar-refractivity contribution in [1.82, 2.24) is 9.80 Å². The standard InChI is InChI=1S/C22H26N2O4S/c1-14(2)28-16-9-7-15(8-10-16)20(25)18-19(17-6-5-13-29-17)24(12-11-23(3)4)22(27)21(18)26/h5-10,13-14,19,25H,11-12H2,1-4H3/t19-/m1/s1. The molecule has 154 valence electrons.